The number of nitrogens with one attached hydrogen (secondary N) is 3. The lowest BCUT2D eigenvalue weighted by molar-refractivity contribution is -0.122. The Morgan fingerprint density at radius 2 is 2.18 bits per heavy atom. The molecule has 0 saturated carbocycles. The van der Waals surface area contributed by atoms with Crippen molar-refractivity contribution in [3.63, 3.8) is 0 Å². The van der Waals surface area contributed by atoms with Crippen molar-refractivity contribution in [2.45, 2.75) is 31.4 Å². The molecule has 2 fully saturated rings. The van der Waals surface area contributed by atoms with E-state index in [1.165, 1.54) is 0 Å². The number of hydrogen-bond acceptors (Lipinski definition) is 6. The third-order valence-electron chi connectivity index (χ3n) is 3.51. The Hall–Kier alpha value is -0.0600. The van der Waals surface area contributed by atoms with Crippen LogP contribution in [0.4, 0.5) is 0 Å². The first-order chi connectivity index (χ1) is 10.1. The van der Waals surface area contributed by atoms with Crippen molar-refractivity contribution in [1.29, 1.82) is 0 Å². The summed E-state index contributed by atoms with van der Waals surface area (Å²) in [4.78, 5) is 11.7. The zero-order valence-electron chi connectivity index (χ0n) is 12.4. The lowest BCUT2D eigenvalue weighted by atomic mass is 10.1. The average Bonchev–Trinajstić information content (AvgIpc) is 3.00. The molecule has 0 aliphatic carbocycles. The van der Waals surface area contributed by atoms with Crippen LogP contribution in [0.1, 0.15) is 19.3 Å². The number of carbonyl (C=O) groups excluding carboxylic acids is 1. The van der Waals surface area contributed by atoms with E-state index < -0.39 is 10.0 Å². The van der Waals surface area contributed by atoms with Gasteiger partial charge in [-0.3, -0.25) is 10.1 Å². The van der Waals surface area contributed by atoms with Gasteiger partial charge in [0.1, 0.15) is 0 Å². The zero-order valence-corrected chi connectivity index (χ0v) is 14.8. The van der Waals surface area contributed by atoms with E-state index in [-0.39, 0.29) is 42.8 Å². The maximum absolute atomic E-state index is 11.8. The maximum atomic E-state index is 11.8. The summed E-state index contributed by atoms with van der Waals surface area (Å²) in [6.45, 7) is 1.15. The molecule has 2 saturated heterocycles. The molecule has 0 aromatic carbocycles. The molecule has 0 aromatic heterocycles. The molecule has 2 aliphatic rings. The fraction of sp³-hybridized carbons (Fsp3) is 0.917. The second kappa shape index (κ2) is 9.94. The number of rotatable bonds is 7. The van der Waals surface area contributed by atoms with Gasteiger partial charge in [-0.2, -0.15) is 0 Å². The molecule has 22 heavy (non-hydrogen) atoms. The van der Waals surface area contributed by atoms with Gasteiger partial charge in [0.25, 0.3) is 0 Å². The summed E-state index contributed by atoms with van der Waals surface area (Å²) < 4.78 is 31.7. The molecular weight excluding hydrogens is 350 g/mol. The minimum Gasteiger partial charge on any atom is -0.377 e. The predicted octanol–water partition coefficient (Wildman–Crippen LogP) is -0.325. The molecule has 7 nitrogen and oxygen atoms in total. The monoisotopic (exact) mass is 373 g/mol. The van der Waals surface area contributed by atoms with Crippen LogP contribution in [-0.2, 0) is 19.6 Å². The molecule has 130 valence electrons. The van der Waals surface area contributed by atoms with Crippen LogP contribution < -0.4 is 15.4 Å². The van der Waals surface area contributed by atoms with Gasteiger partial charge in [0, 0.05) is 31.3 Å². The Balaban J connectivity index is 0.00000242. The standard InChI is InChI=1S/C12H23N3O4S2.ClH/c16-12(11-8-20-9-14-11)13-4-6-21(17,18)15-7-10-3-1-2-5-19-10;/h10-11,14-15H,1-9H2,(H,13,16);1H. The van der Waals surface area contributed by atoms with Gasteiger partial charge in [0.15, 0.2) is 0 Å². The zero-order chi connectivity index (χ0) is 15.1. The number of thioether (sulfide) groups is 1. The largest absolute Gasteiger partial charge is 0.377 e. The van der Waals surface area contributed by atoms with Crippen LogP contribution in [0.25, 0.3) is 0 Å². The smallest absolute Gasteiger partial charge is 0.238 e. The molecule has 10 heteroatoms. The highest BCUT2D eigenvalue weighted by Gasteiger charge is 2.23. The summed E-state index contributed by atoms with van der Waals surface area (Å²) in [5.74, 6) is 1.26. The summed E-state index contributed by atoms with van der Waals surface area (Å²) in [7, 11) is -3.37. The maximum Gasteiger partial charge on any atom is 0.238 e. The molecule has 0 radical (unpaired) electrons. The summed E-state index contributed by atoms with van der Waals surface area (Å²) in [5.41, 5.74) is 0. The molecular formula is C12H24ClN3O4S2. The Morgan fingerprint density at radius 3 is 2.82 bits per heavy atom. The molecule has 0 aromatic rings. The van der Waals surface area contributed by atoms with E-state index in [1.807, 2.05) is 0 Å². The SMILES string of the molecule is Cl.O=C(NCCS(=O)(=O)NCC1CCCCO1)C1CSCN1. The molecule has 2 aliphatic heterocycles. The van der Waals surface area contributed by atoms with Crippen LogP contribution >= 0.6 is 24.2 Å². The quantitative estimate of drug-likeness (QED) is 0.565. The van der Waals surface area contributed by atoms with Crippen LogP contribution in [0.3, 0.4) is 0 Å². The highest BCUT2D eigenvalue weighted by molar-refractivity contribution is 7.99. The second-order valence-corrected chi connectivity index (χ2v) is 8.18. The normalized spacial score (nSPS) is 25.5. The van der Waals surface area contributed by atoms with Gasteiger partial charge in [0.2, 0.25) is 15.9 Å². The van der Waals surface area contributed by atoms with Crippen molar-refractivity contribution in [2.75, 3.05) is 37.1 Å². The number of sulfonamides is 1. The lowest BCUT2D eigenvalue weighted by Crippen LogP contribution is -2.45. The number of hydrogen-bond donors (Lipinski definition) is 3. The Morgan fingerprint density at radius 1 is 1.36 bits per heavy atom. The molecule has 2 rings (SSSR count). The molecule has 0 bridgehead atoms. The van der Waals surface area contributed by atoms with Gasteiger partial charge in [-0.25, -0.2) is 13.1 Å². The molecule has 1 amide bonds. The predicted molar refractivity (Wildman–Crippen MR) is 89.9 cm³/mol. The summed E-state index contributed by atoms with van der Waals surface area (Å²) >= 11 is 1.66. The van der Waals surface area contributed by atoms with Gasteiger partial charge in [-0.1, -0.05) is 0 Å². The van der Waals surface area contributed by atoms with Gasteiger partial charge >= 0.3 is 0 Å². The topological polar surface area (TPSA) is 96.5 Å². The van der Waals surface area contributed by atoms with E-state index >= 15 is 0 Å². The summed E-state index contributed by atoms with van der Waals surface area (Å²) in [6.07, 6.45) is 2.99. The van der Waals surface area contributed by atoms with E-state index in [1.54, 1.807) is 11.8 Å². The summed E-state index contributed by atoms with van der Waals surface area (Å²) in [6, 6.07) is -0.207. The van der Waals surface area contributed by atoms with E-state index in [4.69, 9.17) is 4.74 Å². The molecule has 2 atom stereocenters. The third kappa shape index (κ3) is 7.01. The average molecular weight is 374 g/mol. The third-order valence-corrected chi connectivity index (χ3v) is 5.80. The lowest BCUT2D eigenvalue weighted by Gasteiger charge is -2.22. The van der Waals surface area contributed by atoms with Crippen LogP contribution in [0.5, 0.6) is 0 Å². The van der Waals surface area contributed by atoms with Crippen molar-refractivity contribution < 1.29 is 17.9 Å². The van der Waals surface area contributed by atoms with E-state index in [2.05, 4.69) is 15.4 Å². The fourth-order valence-electron chi connectivity index (χ4n) is 2.26. The number of ether oxygens (including phenoxy) is 1. The van der Waals surface area contributed by atoms with Gasteiger partial charge in [-0.15, -0.1) is 24.2 Å². The van der Waals surface area contributed by atoms with Crippen molar-refractivity contribution in [3.8, 4) is 0 Å². The minimum atomic E-state index is -3.37. The first kappa shape index (κ1) is 20.0. The van der Waals surface area contributed by atoms with Gasteiger partial charge in [0.05, 0.1) is 17.9 Å². The van der Waals surface area contributed by atoms with E-state index in [0.717, 1.165) is 30.9 Å². The fourth-order valence-corrected chi connectivity index (χ4v) is 4.15. The second-order valence-electron chi connectivity index (χ2n) is 5.22. The van der Waals surface area contributed by atoms with Crippen LogP contribution in [-0.4, -0.2) is 63.5 Å². The van der Waals surface area contributed by atoms with Crippen LogP contribution in [0, 0.1) is 0 Å². The highest BCUT2D eigenvalue weighted by Crippen LogP contribution is 2.12. The van der Waals surface area contributed by atoms with Crippen molar-refractivity contribution in [2.24, 2.45) is 0 Å². The Kier molecular flexibility index (Phi) is 9.03. The Labute approximate surface area is 142 Å². The molecule has 2 heterocycles. The van der Waals surface area contributed by atoms with Crippen molar-refractivity contribution in [3.05, 3.63) is 0 Å². The molecule has 2 unspecified atom stereocenters. The van der Waals surface area contributed by atoms with Gasteiger partial charge in [-0.05, 0) is 19.3 Å². The van der Waals surface area contributed by atoms with Crippen molar-refractivity contribution >= 4 is 40.1 Å². The molecule has 0 spiro atoms. The van der Waals surface area contributed by atoms with Gasteiger partial charge < -0.3 is 10.1 Å². The van der Waals surface area contributed by atoms with Crippen LogP contribution in [0.15, 0.2) is 0 Å². The first-order valence-corrected chi connectivity index (χ1v) is 10.1. The molecule has 3 N–H and O–H groups in total. The minimum absolute atomic E-state index is 0. The Bertz CT molecular complexity index is 438. The van der Waals surface area contributed by atoms with E-state index in [0.29, 0.717) is 13.2 Å². The first-order valence-electron chi connectivity index (χ1n) is 7.24. The number of amides is 1. The number of carbonyl (C=O) groups is 1. The summed E-state index contributed by atoms with van der Waals surface area (Å²) in [5, 5.41) is 5.69. The van der Waals surface area contributed by atoms with Crippen LogP contribution in [0.2, 0.25) is 0 Å². The van der Waals surface area contributed by atoms with E-state index in [9.17, 15) is 13.2 Å². The number of halogens is 1. The van der Waals surface area contributed by atoms with Crippen molar-refractivity contribution in [1.82, 2.24) is 15.4 Å². The highest BCUT2D eigenvalue weighted by atomic mass is 35.5.